The van der Waals surface area contributed by atoms with E-state index in [1.165, 1.54) is 0 Å². The van der Waals surface area contributed by atoms with Crippen molar-refractivity contribution in [2.24, 2.45) is 0 Å². The van der Waals surface area contributed by atoms with Crippen LogP contribution in [0.4, 0.5) is 5.82 Å². The van der Waals surface area contributed by atoms with E-state index in [4.69, 9.17) is 11.6 Å². The van der Waals surface area contributed by atoms with Crippen molar-refractivity contribution in [2.75, 3.05) is 31.5 Å². The highest BCUT2D eigenvalue weighted by molar-refractivity contribution is 6.30. The summed E-state index contributed by atoms with van der Waals surface area (Å²) in [5.74, 6) is 1.54. The van der Waals surface area contributed by atoms with Crippen molar-refractivity contribution >= 4 is 17.4 Å². The van der Waals surface area contributed by atoms with E-state index in [0.717, 1.165) is 37.6 Å². The van der Waals surface area contributed by atoms with Gasteiger partial charge in [-0.1, -0.05) is 25.4 Å². The number of nitrogens with one attached hydrogen (secondary N) is 1. The third-order valence-electron chi connectivity index (χ3n) is 2.81. The number of aromatic nitrogens is 2. The third kappa shape index (κ3) is 4.13. The molecule has 1 aromatic heterocycles. The standard InChI is InChI=1S/C12H21ClN4/c1-5-17(6-2)8-7-14-12-9(3)11(13)15-10(4)16-12/h5-8H2,1-4H3,(H,14,15,16). The van der Waals surface area contributed by atoms with Crippen LogP contribution < -0.4 is 5.32 Å². The van der Waals surface area contributed by atoms with Crippen molar-refractivity contribution in [3.8, 4) is 0 Å². The Balaban J connectivity index is 2.57. The second-order valence-electron chi connectivity index (χ2n) is 3.99. The Morgan fingerprint density at radius 3 is 2.41 bits per heavy atom. The molecular weight excluding hydrogens is 236 g/mol. The largest absolute Gasteiger partial charge is 0.368 e. The monoisotopic (exact) mass is 256 g/mol. The molecule has 1 aromatic rings. The average Bonchev–Trinajstić information content (AvgIpc) is 2.30. The van der Waals surface area contributed by atoms with E-state index in [0.29, 0.717) is 11.0 Å². The predicted molar refractivity (Wildman–Crippen MR) is 72.8 cm³/mol. The van der Waals surface area contributed by atoms with Crippen molar-refractivity contribution in [2.45, 2.75) is 27.7 Å². The molecule has 0 spiro atoms. The quantitative estimate of drug-likeness (QED) is 0.794. The molecule has 0 aromatic carbocycles. The maximum Gasteiger partial charge on any atom is 0.137 e. The first-order valence-corrected chi connectivity index (χ1v) is 6.43. The second-order valence-corrected chi connectivity index (χ2v) is 4.35. The number of likely N-dealkylation sites (N-methyl/N-ethyl adjacent to an activating group) is 1. The van der Waals surface area contributed by atoms with E-state index in [1.807, 2.05) is 13.8 Å². The van der Waals surface area contributed by atoms with E-state index in [1.54, 1.807) is 0 Å². The fourth-order valence-electron chi connectivity index (χ4n) is 1.64. The van der Waals surface area contributed by atoms with Crippen LogP contribution >= 0.6 is 11.6 Å². The van der Waals surface area contributed by atoms with Gasteiger partial charge in [-0.25, -0.2) is 9.97 Å². The molecule has 0 bridgehead atoms. The maximum absolute atomic E-state index is 6.01. The second kappa shape index (κ2) is 6.77. The Kier molecular flexibility index (Phi) is 5.65. The molecule has 0 radical (unpaired) electrons. The number of halogens is 1. The van der Waals surface area contributed by atoms with E-state index in [2.05, 4.69) is 34.0 Å². The summed E-state index contributed by atoms with van der Waals surface area (Å²) >= 11 is 6.01. The minimum absolute atomic E-state index is 0.530. The fourth-order valence-corrected chi connectivity index (χ4v) is 1.85. The van der Waals surface area contributed by atoms with Crippen LogP contribution in [0.1, 0.15) is 25.2 Å². The molecule has 0 atom stereocenters. The Hall–Kier alpha value is -0.870. The summed E-state index contributed by atoms with van der Waals surface area (Å²) in [5, 5.41) is 3.85. The van der Waals surface area contributed by atoms with Gasteiger partial charge in [0.2, 0.25) is 0 Å². The summed E-state index contributed by atoms with van der Waals surface area (Å²) in [7, 11) is 0. The van der Waals surface area contributed by atoms with Crippen LogP contribution in [0.3, 0.4) is 0 Å². The molecule has 0 unspecified atom stereocenters. The highest BCUT2D eigenvalue weighted by Crippen LogP contribution is 2.19. The zero-order chi connectivity index (χ0) is 12.8. The SMILES string of the molecule is CCN(CC)CCNc1nc(C)nc(Cl)c1C. The molecule has 17 heavy (non-hydrogen) atoms. The molecule has 0 saturated heterocycles. The van der Waals surface area contributed by atoms with Crippen LogP contribution in [0.25, 0.3) is 0 Å². The zero-order valence-electron chi connectivity index (χ0n) is 11.0. The van der Waals surface area contributed by atoms with Crippen LogP contribution in [-0.4, -0.2) is 41.0 Å². The molecule has 0 amide bonds. The minimum Gasteiger partial charge on any atom is -0.368 e. The van der Waals surface area contributed by atoms with Crippen LogP contribution in [0.2, 0.25) is 5.15 Å². The molecule has 1 rings (SSSR count). The highest BCUT2D eigenvalue weighted by atomic mass is 35.5. The van der Waals surface area contributed by atoms with E-state index in [9.17, 15) is 0 Å². The topological polar surface area (TPSA) is 41.0 Å². The molecule has 0 aliphatic rings. The molecule has 0 aliphatic carbocycles. The minimum atomic E-state index is 0.530. The third-order valence-corrected chi connectivity index (χ3v) is 3.18. The normalized spacial score (nSPS) is 10.9. The van der Waals surface area contributed by atoms with Gasteiger partial charge in [0.1, 0.15) is 16.8 Å². The molecule has 0 fully saturated rings. The van der Waals surface area contributed by atoms with Crippen molar-refractivity contribution in [1.29, 1.82) is 0 Å². The number of nitrogens with zero attached hydrogens (tertiary/aromatic N) is 3. The first-order valence-electron chi connectivity index (χ1n) is 6.05. The van der Waals surface area contributed by atoms with E-state index in [-0.39, 0.29) is 0 Å². The maximum atomic E-state index is 6.01. The predicted octanol–water partition coefficient (Wildman–Crippen LogP) is 2.50. The number of anilines is 1. The molecule has 5 heteroatoms. The van der Waals surface area contributed by atoms with Gasteiger partial charge in [-0.05, 0) is 26.9 Å². The van der Waals surface area contributed by atoms with E-state index < -0.39 is 0 Å². The summed E-state index contributed by atoms with van der Waals surface area (Å²) in [6.45, 7) is 12.1. The van der Waals surface area contributed by atoms with Gasteiger partial charge in [0.15, 0.2) is 0 Å². The first kappa shape index (κ1) is 14.2. The average molecular weight is 257 g/mol. The van der Waals surface area contributed by atoms with Crippen molar-refractivity contribution in [3.05, 3.63) is 16.5 Å². The molecule has 0 aliphatic heterocycles. The Morgan fingerprint density at radius 2 is 1.82 bits per heavy atom. The smallest absolute Gasteiger partial charge is 0.137 e. The van der Waals surface area contributed by atoms with Gasteiger partial charge in [0, 0.05) is 18.7 Å². The number of aryl methyl sites for hydroxylation is 1. The van der Waals surface area contributed by atoms with Crippen molar-refractivity contribution < 1.29 is 0 Å². The Morgan fingerprint density at radius 1 is 1.18 bits per heavy atom. The first-order chi connectivity index (χ1) is 8.08. The van der Waals surface area contributed by atoms with Crippen molar-refractivity contribution in [1.82, 2.24) is 14.9 Å². The highest BCUT2D eigenvalue weighted by Gasteiger charge is 2.07. The summed E-state index contributed by atoms with van der Waals surface area (Å²) in [6, 6.07) is 0. The Bertz CT molecular complexity index is 364. The lowest BCUT2D eigenvalue weighted by Crippen LogP contribution is -2.29. The lowest BCUT2D eigenvalue weighted by Gasteiger charge is -2.18. The van der Waals surface area contributed by atoms with Crippen LogP contribution in [0.15, 0.2) is 0 Å². The molecule has 1 N–H and O–H groups in total. The lowest BCUT2D eigenvalue weighted by molar-refractivity contribution is 0.316. The fraction of sp³-hybridized carbons (Fsp3) is 0.667. The van der Waals surface area contributed by atoms with Gasteiger partial charge in [-0.15, -0.1) is 0 Å². The lowest BCUT2D eigenvalue weighted by atomic mass is 10.3. The molecular formula is C12H21ClN4. The van der Waals surface area contributed by atoms with Crippen LogP contribution in [0, 0.1) is 13.8 Å². The summed E-state index contributed by atoms with van der Waals surface area (Å²) in [5.41, 5.74) is 0.914. The van der Waals surface area contributed by atoms with Gasteiger partial charge in [0.05, 0.1) is 0 Å². The van der Waals surface area contributed by atoms with Gasteiger partial charge in [-0.2, -0.15) is 0 Å². The van der Waals surface area contributed by atoms with Gasteiger partial charge in [-0.3, -0.25) is 0 Å². The molecule has 1 heterocycles. The summed E-state index contributed by atoms with van der Waals surface area (Å²) in [4.78, 5) is 10.8. The van der Waals surface area contributed by atoms with Gasteiger partial charge >= 0.3 is 0 Å². The Labute approximate surface area is 108 Å². The zero-order valence-corrected chi connectivity index (χ0v) is 11.8. The number of hydrogen-bond donors (Lipinski definition) is 1. The summed E-state index contributed by atoms with van der Waals surface area (Å²) < 4.78 is 0. The number of hydrogen-bond acceptors (Lipinski definition) is 4. The number of rotatable bonds is 6. The molecule has 0 saturated carbocycles. The van der Waals surface area contributed by atoms with Crippen LogP contribution in [0.5, 0.6) is 0 Å². The van der Waals surface area contributed by atoms with E-state index >= 15 is 0 Å². The molecule has 96 valence electrons. The van der Waals surface area contributed by atoms with Gasteiger partial charge < -0.3 is 10.2 Å². The summed E-state index contributed by atoms with van der Waals surface area (Å²) in [6.07, 6.45) is 0. The van der Waals surface area contributed by atoms with Crippen molar-refractivity contribution in [3.63, 3.8) is 0 Å². The van der Waals surface area contributed by atoms with Crippen LogP contribution in [-0.2, 0) is 0 Å². The van der Waals surface area contributed by atoms with Gasteiger partial charge in [0.25, 0.3) is 0 Å². The molecule has 4 nitrogen and oxygen atoms in total.